The van der Waals surface area contributed by atoms with Gasteiger partial charge in [0.05, 0.1) is 12.1 Å². The third-order valence-electron chi connectivity index (χ3n) is 4.97. The minimum Gasteiger partial charge on any atom is -0.316 e. The number of fused-ring (bicyclic) bond motifs is 1. The summed E-state index contributed by atoms with van der Waals surface area (Å²) < 4.78 is 3.41. The number of hydrogen-bond donors (Lipinski definition) is 1. The third-order valence-corrected chi connectivity index (χ3v) is 4.97. The van der Waals surface area contributed by atoms with Crippen LogP contribution in [0.4, 0.5) is 0 Å². The average molecular weight is 410 g/mol. The fraction of sp³-hybridized carbons (Fsp3) is 0.421. The number of benzene rings is 1. The van der Waals surface area contributed by atoms with Crippen molar-refractivity contribution in [2.45, 2.75) is 38.8 Å². The molecule has 8 heteroatoms. The molecule has 6 nitrogen and oxygen atoms in total. The van der Waals surface area contributed by atoms with E-state index in [0.717, 1.165) is 48.2 Å². The second kappa shape index (κ2) is 9.35. The van der Waals surface area contributed by atoms with E-state index in [2.05, 4.69) is 10.3 Å². The molecule has 0 bridgehead atoms. The number of para-hydroxylation sites is 1. The van der Waals surface area contributed by atoms with Crippen LogP contribution < -0.4 is 11.0 Å². The van der Waals surface area contributed by atoms with Crippen LogP contribution in [-0.2, 0) is 13.1 Å². The highest BCUT2D eigenvalue weighted by atomic mass is 35.5. The van der Waals surface area contributed by atoms with Crippen molar-refractivity contribution < 1.29 is 0 Å². The first kappa shape index (κ1) is 21.4. The van der Waals surface area contributed by atoms with Gasteiger partial charge in [-0.05, 0) is 32.4 Å². The number of piperidine rings is 1. The molecular formula is C19H25Cl2N5O. The standard InChI is InChI=1S/C19H23N5O.2ClH/c1-2-23-18(15-9-4-10-20-12-15)22-24(19(23)25)13-16-7-3-6-14-8-5-11-21-17(14)16;;/h3,5-8,11,15,20H,2,4,9-10,12-13H2,1H3;2*1H. The molecule has 27 heavy (non-hydrogen) atoms. The molecular weight excluding hydrogens is 385 g/mol. The second-order valence-corrected chi connectivity index (χ2v) is 6.58. The molecule has 1 fully saturated rings. The van der Waals surface area contributed by atoms with E-state index in [4.69, 9.17) is 5.10 Å². The van der Waals surface area contributed by atoms with Crippen molar-refractivity contribution in [2.75, 3.05) is 13.1 Å². The molecule has 146 valence electrons. The molecule has 1 N–H and O–H groups in total. The topological polar surface area (TPSA) is 64.7 Å². The quantitative estimate of drug-likeness (QED) is 0.719. The Balaban J connectivity index is 0.00000131. The highest BCUT2D eigenvalue weighted by Crippen LogP contribution is 2.21. The first-order valence-electron chi connectivity index (χ1n) is 8.99. The van der Waals surface area contributed by atoms with Crippen molar-refractivity contribution in [1.29, 1.82) is 0 Å². The molecule has 3 heterocycles. The van der Waals surface area contributed by atoms with E-state index in [1.807, 2.05) is 41.8 Å². The lowest BCUT2D eigenvalue weighted by Crippen LogP contribution is -2.31. The van der Waals surface area contributed by atoms with E-state index < -0.39 is 0 Å². The average Bonchev–Trinajstić information content (AvgIpc) is 2.98. The lowest BCUT2D eigenvalue weighted by atomic mass is 9.99. The highest BCUT2D eigenvalue weighted by Gasteiger charge is 2.23. The molecule has 1 aromatic carbocycles. The van der Waals surface area contributed by atoms with Crippen LogP contribution in [0.2, 0.25) is 0 Å². The van der Waals surface area contributed by atoms with Crippen molar-refractivity contribution in [1.82, 2.24) is 24.6 Å². The molecule has 0 spiro atoms. The van der Waals surface area contributed by atoms with Gasteiger partial charge in [-0.15, -0.1) is 24.8 Å². The van der Waals surface area contributed by atoms with Gasteiger partial charge in [0.1, 0.15) is 5.82 Å². The van der Waals surface area contributed by atoms with Crippen LogP contribution in [0.3, 0.4) is 0 Å². The van der Waals surface area contributed by atoms with E-state index in [9.17, 15) is 4.79 Å². The van der Waals surface area contributed by atoms with Gasteiger partial charge in [0.2, 0.25) is 0 Å². The van der Waals surface area contributed by atoms with Gasteiger partial charge in [0.25, 0.3) is 0 Å². The smallest absolute Gasteiger partial charge is 0.316 e. The molecule has 1 aliphatic rings. The van der Waals surface area contributed by atoms with E-state index >= 15 is 0 Å². The van der Waals surface area contributed by atoms with Crippen LogP contribution >= 0.6 is 24.8 Å². The second-order valence-electron chi connectivity index (χ2n) is 6.58. The van der Waals surface area contributed by atoms with Crippen LogP contribution in [0, 0.1) is 0 Å². The number of pyridine rings is 1. The third kappa shape index (κ3) is 4.18. The van der Waals surface area contributed by atoms with Crippen molar-refractivity contribution >= 4 is 35.7 Å². The van der Waals surface area contributed by atoms with Gasteiger partial charge >= 0.3 is 5.69 Å². The highest BCUT2D eigenvalue weighted by molar-refractivity contribution is 5.85. The summed E-state index contributed by atoms with van der Waals surface area (Å²) in [6.45, 7) is 5.06. The van der Waals surface area contributed by atoms with Gasteiger partial charge in [0, 0.05) is 36.2 Å². The molecule has 4 rings (SSSR count). The van der Waals surface area contributed by atoms with E-state index in [-0.39, 0.29) is 30.5 Å². The minimum absolute atomic E-state index is 0. The Bertz CT molecular complexity index is 941. The summed E-state index contributed by atoms with van der Waals surface area (Å²) in [5, 5.41) is 9.20. The van der Waals surface area contributed by atoms with Crippen molar-refractivity contribution in [3.05, 3.63) is 58.4 Å². The summed E-state index contributed by atoms with van der Waals surface area (Å²) in [5.41, 5.74) is 1.93. The van der Waals surface area contributed by atoms with Crippen molar-refractivity contribution in [3.8, 4) is 0 Å². The molecule has 3 aromatic rings. The Morgan fingerprint density at radius 1 is 1.22 bits per heavy atom. The van der Waals surface area contributed by atoms with Gasteiger partial charge in [-0.3, -0.25) is 9.55 Å². The Labute approximate surface area is 170 Å². The molecule has 0 amide bonds. The molecule has 1 saturated heterocycles. The number of halogens is 2. The summed E-state index contributed by atoms with van der Waals surface area (Å²) in [5.74, 6) is 1.22. The van der Waals surface area contributed by atoms with Crippen LogP contribution in [0.5, 0.6) is 0 Å². The van der Waals surface area contributed by atoms with Crippen molar-refractivity contribution in [2.24, 2.45) is 0 Å². The molecule has 2 aromatic heterocycles. The Hall–Kier alpha value is -1.89. The zero-order valence-corrected chi connectivity index (χ0v) is 16.9. The predicted octanol–water partition coefficient (Wildman–Crippen LogP) is 2.97. The van der Waals surface area contributed by atoms with Gasteiger partial charge in [-0.1, -0.05) is 24.3 Å². The van der Waals surface area contributed by atoms with E-state index in [0.29, 0.717) is 19.0 Å². The normalized spacial score (nSPS) is 16.6. The number of hydrogen-bond acceptors (Lipinski definition) is 4. The number of aromatic nitrogens is 4. The monoisotopic (exact) mass is 409 g/mol. The molecule has 0 aliphatic carbocycles. The maximum Gasteiger partial charge on any atom is 0.346 e. The lowest BCUT2D eigenvalue weighted by Gasteiger charge is -2.21. The van der Waals surface area contributed by atoms with Gasteiger partial charge in [-0.2, -0.15) is 5.10 Å². The fourth-order valence-electron chi connectivity index (χ4n) is 3.69. The van der Waals surface area contributed by atoms with Gasteiger partial charge < -0.3 is 5.32 Å². The first-order chi connectivity index (χ1) is 12.3. The summed E-state index contributed by atoms with van der Waals surface area (Å²) in [6, 6.07) is 10.0. The largest absolute Gasteiger partial charge is 0.346 e. The number of nitrogens with one attached hydrogen (secondary N) is 1. The van der Waals surface area contributed by atoms with E-state index in [1.165, 1.54) is 0 Å². The maximum absolute atomic E-state index is 12.8. The summed E-state index contributed by atoms with van der Waals surface area (Å²) in [4.78, 5) is 17.3. The van der Waals surface area contributed by atoms with Gasteiger partial charge in [-0.25, -0.2) is 9.48 Å². The predicted molar refractivity (Wildman–Crippen MR) is 112 cm³/mol. The summed E-state index contributed by atoms with van der Waals surface area (Å²) >= 11 is 0. The number of rotatable bonds is 4. The molecule has 0 saturated carbocycles. The Morgan fingerprint density at radius 3 is 2.78 bits per heavy atom. The first-order valence-corrected chi connectivity index (χ1v) is 8.99. The van der Waals surface area contributed by atoms with Crippen LogP contribution in [-0.4, -0.2) is 32.4 Å². The Morgan fingerprint density at radius 2 is 2.04 bits per heavy atom. The minimum atomic E-state index is -0.0315. The SMILES string of the molecule is CCn1c(C2CCCNC2)nn(Cc2cccc3cccnc23)c1=O.Cl.Cl. The molecule has 1 atom stereocenters. The van der Waals surface area contributed by atoms with Crippen molar-refractivity contribution in [3.63, 3.8) is 0 Å². The van der Waals surface area contributed by atoms with Crippen LogP contribution in [0.1, 0.15) is 37.1 Å². The zero-order chi connectivity index (χ0) is 17.2. The summed E-state index contributed by atoms with van der Waals surface area (Å²) in [6.07, 6.45) is 4.00. The van der Waals surface area contributed by atoms with Crippen LogP contribution in [0.25, 0.3) is 10.9 Å². The fourth-order valence-corrected chi connectivity index (χ4v) is 3.69. The molecule has 0 radical (unpaired) electrons. The van der Waals surface area contributed by atoms with E-state index in [1.54, 1.807) is 10.9 Å². The summed E-state index contributed by atoms with van der Waals surface area (Å²) in [7, 11) is 0. The zero-order valence-electron chi connectivity index (χ0n) is 15.3. The maximum atomic E-state index is 12.8. The Kier molecular flexibility index (Phi) is 7.41. The number of nitrogens with zero attached hydrogens (tertiary/aromatic N) is 4. The van der Waals surface area contributed by atoms with Gasteiger partial charge in [0.15, 0.2) is 0 Å². The molecule has 1 aliphatic heterocycles. The van der Waals surface area contributed by atoms with Crippen LogP contribution in [0.15, 0.2) is 41.3 Å². The molecule has 1 unspecified atom stereocenters. The lowest BCUT2D eigenvalue weighted by molar-refractivity contribution is 0.431.